The molecule has 2 saturated carbocycles. The number of carbonyl (C=O) groups excluding carboxylic acids is 1. The van der Waals surface area contributed by atoms with Crippen molar-refractivity contribution in [2.24, 2.45) is 5.92 Å². The molecular formula is C31H34N6O2S. The first-order valence-corrected chi connectivity index (χ1v) is 15.5. The molecule has 0 unspecified atom stereocenters. The standard InChI is InChI=1S/C20H18N4OS.C11H16N2O/c21-13-16-1-5-20(6-2-16)24-15-18(14-22-24)17-3-7-19(8-4-17)23-9-11-26(25)12-10-23;12-8-11(6-7-11)13-10(14)9-4-2-1-3-5-9/h1-8,14-15H,9-12H2;9H,1-7H2,(H,13,14). The van der Waals surface area contributed by atoms with Crippen molar-refractivity contribution in [2.75, 3.05) is 29.5 Å². The molecule has 0 spiro atoms. The Bertz CT molecular complexity index is 1410. The third-order valence-corrected chi connectivity index (χ3v) is 9.17. The van der Waals surface area contributed by atoms with Crippen LogP contribution in [0.1, 0.15) is 50.5 Å². The highest BCUT2D eigenvalue weighted by Crippen LogP contribution is 2.35. The van der Waals surface area contributed by atoms with E-state index in [4.69, 9.17) is 10.5 Å². The van der Waals surface area contributed by atoms with Gasteiger partial charge in [0.2, 0.25) is 5.91 Å². The average Bonchev–Trinajstić information content (AvgIpc) is 3.61. The highest BCUT2D eigenvalue weighted by atomic mass is 32.2. The third-order valence-electron chi connectivity index (χ3n) is 7.89. The van der Waals surface area contributed by atoms with Gasteiger partial charge in [0.1, 0.15) is 5.54 Å². The summed E-state index contributed by atoms with van der Waals surface area (Å²) in [6, 6.07) is 20.1. The normalized spacial score (nSPS) is 18.5. The van der Waals surface area contributed by atoms with Gasteiger partial charge in [-0.3, -0.25) is 9.00 Å². The summed E-state index contributed by atoms with van der Waals surface area (Å²) in [6.45, 7) is 1.70. The second-order valence-corrected chi connectivity index (χ2v) is 12.4. The fraction of sp³-hybridized carbons (Fsp3) is 0.419. The van der Waals surface area contributed by atoms with Crippen LogP contribution < -0.4 is 10.2 Å². The van der Waals surface area contributed by atoms with Gasteiger partial charge < -0.3 is 10.2 Å². The lowest BCUT2D eigenvalue weighted by Crippen LogP contribution is -2.40. The SMILES string of the molecule is N#CC1(NC(=O)C2CCCCC2)CC1.N#Cc1ccc(-n2cc(-c3ccc(N4CCS(=O)CC4)cc3)cn2)cc1. The number of nitrogens with zero attached hydrogens (tertiary/aromatic N) is 5. The van der Waals surface area contributed by atoms with Gasteiger partial charge in [-0.1, -0.05) is 31.4 Å². The van der Waals surface area contributed by atoms with Gasteiger partial charge in [-0.05, 0) is 67.6 Å². The summed E-state index contributed by atoms with van der Waals surface area (Å²) >= 11 is 0. The largest absolute Gasteiger partial charge is 0.370 e. The number of nitrogens with one attached hydrogen (secondary N) is 1. The molecular weight excluding hydrogens is 520 g/mol. The predicted molar refractivity (Wildman–Crippen MR) is 156 cm³/mol. The number of benzene rings is 2. The second-order valence-electron chi connectivity index (χ2n) is 10.7. The molecule has 1 aliphatic heterocycles. The number of rotatable bonds is 5. The number of anilines is 1. The minimum Gasteiger partial charge on any atom is -0.370 e. The smallest absolute Gasteiger partial charge is 0.224 e. The average molecular weight is 555 g/mol. The Balaban J connectivity index is 0.000000194. The molecule has 206 valence electrons. The number of amides is 1. The number of hydrogen-bond acceptors (Lipinski definition) is 6. The summed E-state index contributed by atoms with van der Waals surface area (Å²) in [5.41, 5.74) is 4.40. The van der Waals surface area contributed by atoms with Gasteiger partial charge in [0.25, 0.3) is 0 Å². The van der Waals surface area contributed by atoms with Crippen molar-refractivity contribution in [3.05, 3.63) is 66.5 Å². The van der Waals surface area contributed by atoms with Crippen LogP contribution in [0.4, 0.5) is 5.69 Å². The Morgan fingerprint density at radius 1 is 0.925 bits per heavy atom. The van der Waals surface area contributed by atoms with E-state index in [2.05, 4.69) is 51.7 Å². The Morgan fingerprint density at radius 2 is 1.57 bits per heavy atom. The fourth-order valence-corrected chi connectivity index (χ4v) is 6.21. The van der Waals surface area contributed by atoms with Gasteiger partial charge in [0.05, 0.1) is 29.6 Å². The van der Waals surface area contributed by atoms with Crippen molar-refractivity contribution in [1.29, 1.82) is 10.5 Å². The second kappa shape index (κ2) is 12.5. The molecule has 1 saturated heterocycles. The maximum Gasteiger partial charge on any atom is 0.224 e. The van der Waals surface area contributed by atoms with Crippen molar-refractivity contribution in [3.63, 3.8) is 0 Å². The summed E-state index contributed by atoms with van der Waals surface area (Å²) in [6.07, 6.45) is 11.1. The molecule has 0 bridgehead atoms. The molecule has 9 heteroatoms. The first kappa shape index (κ1) is 27.6. The van der Waals surface area contributed by atoms with Gasteiger partial charge in [0, 0.05) is 58.8 Å². The Morgan fingerprint density at radius 3 is 2.17 bits per heavy atom. The molecule has 2 aliphatic carbocycles. The molecule has 2 heterocycles. The molecule has 0 atom stereocenters. The zero-order valence-corrected chi connectivity index (χ0v) is 23.4. The maximum absolute atomic E-state index is 11.8. The van der Waals surface area contributed by atoms with E-state index < -0.39 is 16.3 Å². The number of carbonyl (C=O) groups is 1. The Kier molecular flexibility index (Phi) is 8.62. The molecule has 40 heavy (non-hydrogen) atoms. The lowest BCUT2D eigenvalue weighted by Gasteiger charge is -2.28. The zero-order chi connectivity index (χ0) is 28.0. The van der Waals surface area contributed by atoms with E-state index in [9.17, 15) is 9.00 Å². The van der Waals surface area contributed by atoms with Crippen LogP contribution in [0, 0.1) is 28.6 Å². The first-order valence-electron chi connectivity index (χ1n) is 14.0. The van der Waals surface area contributed by atoms with Crippen LogP contribution in [0.3, 0.4) is 0 Å². The van der Waals surface area contributed by atoms with Crippen molar-refractivity contribution in [1.82, 2.24) is 15.1 Å². The van der Waals surface area contributed by atoms with Crippen molar-refractivity contribution in [2.45, 2.75) is 50.5 Å². The third kappa shape index (κ3) is 6.78. The lowest BCUT2D eigenvalue weighted by atomic mass is 9.88. The monoisotopic (exact) mass is 554 g/mol. The predicted octanol–water partition coefficient (Wildman–Crippen LogP) is 4.72. The van der Waals surface area contributed by atoms with Crippen LogP contribution in [0.25, 0.3) is 16.8 Å². The van der Waals surface area contributed by atoms with Crippen molar-refractivity contribution >= 4 is 22.4 Å². The quantitative estimate of drug-likeness (QED) is 0.488. The van der Waals surface area contributed by atoms with Gasteiger partial charge in [-0.25, -0.2) is 4.68 Å². The van der Waals surface area contributed by atoms with Gasteiger partial charge in [-0.15, -0.1) is 0 Å². The van der Waals surface area contributed by atoms with E-state index in [0.29, 0.717) is 5.56 Å². The molecule has 8 nitrogen and oxygen atoms in total. The summed E-state index contributed by atoms with van der Waals surface area (Å²) < 4.78 is 13.3. The Hall–Kier alpha value is -3.95. The van der Waals surface area contributed by atoms with E-state index in [0.717, 1.165) is 79.9 Å². The molecule has 3 aromatic rings. The van der Waals surface area contributed by atoms with E-state index in [1.165, 1.54) is 12.1 Å². The number of aromatic nitrogens is 2. The van der Waals surface area contributed by atoms with E-state index in [1.807, 2.05) is 29.2 Å². The Labute approximate surface area is 238 Å². The first-order chi connectivity index (χ1) is 19.5. The number of nitriles is 2. The summed E-state index contributed by atoms with van der Waals surface area (Å²) in [5, 5.41) is 25.0. The highest BCUT2D eigenvalue weighted by Gasteiger charge is 2.45. The maximum atomic E-state index is 11.8. The van der Waals surface area contributed by atoms with Crippen LogP contribution in [-0.4, -0.2) is 50.0 Å². The van der Waals surface area contributed by atoms with Crippen molar-refractivity contribution in [3.8, 4) is 29.0 Å². The molecule has 6 rings (SSSR count). The summed E-state index contributed by atoms with van der Waals surface area (Å²) in [7, 11) is -0.657. The van der Waals surface area contributed by atoms with Crippen LogP contribution >= 0.6 is 0 Å². The van der Waals surface area contributed by atoms with E-state index in [-0.39, 0.29) is 11.8 Å². The summed E-state index contributed by atoms with van der Waals surface area (Å²) in [5.74, 6) is 1.79. The summed E-state index contributed by atoms with van der Waals surface area (Å²) in [4.78, 5) is 14.0. The molecule has 1 N–H and O–H groups in total. The van der Waals surface area contributed by atoms with Gasteiger partial charge >= 0.3 is 0 Å². The topological polar surface area (TPSA) is 115 Å². The minimum absolute atomic E-state index is 0.115. The minimum atomic E-state index is -0.657. The fourth-order valence-electron chi connectivity index (χ4n) is 5.15. The van der Waals surface area contributed by atoms with Gasteiger partial charge in [0.15, 0.2) is 0 Å². The molecule has 2 aromatic carbocycles. The molecule has 3 fully saturated rings. The number of hydrogen-bond donors (Lipinski definition) is 1. The van der Waals surface area contributed by atoms with Crippen LogP contribution in [0.2, 0.25) is 0 Å². The highest BCUT2D eigenvalue weighted by molar-refractivity contribution is 7.85. The van der Waals surface area contributed by atoms with Crippen LogP contribution in [0.15, 0.2) is 60.9 Å². The molecule has 0 radical (unpaired) electrons. The van der Waals surface area contributed by atoms with Crippen molar-refractivity contribution < 1.29 is 9.00 Å². The van der Waals surface area contributed by atoms with Crippen LogP contribution in [-0.2, 0) is 15.6 Å². The zero-order valence-electron chi connectivity index (χ0n) is 22.6. The molecule has 1 amide bonds. The van der Waals surface area contributed by atoms with Gasteiger partial charge in [-0.2, -0.15) is 15.6 Å². The van der Waals surface area contributed by atoms with Crippen LogP contribution in [0.5, 0.6) is 0 Å². The molecule has 1 aromatic heterocycles. The molecule has 3 aliphatic rings. The lowest BCUT2D eigenvalue weighted by molar-refractivity contribution is -0.126. The van der Waals surface area contributed by atoms with E-state index >= 15 is 0 Å². The van der Waals surface area contributed by atoms with E-state index in [1.54, 1.807) is 12.1 Å².